The first-order valence-electron chi connectivity index (χ1n) is 7.48. The maximum atomic E-state index is 12.4. The van der Waals surface area contributed by atoms with Crippen molar-refractivity contribution in [3.05, 3.63) is 69.2 Å². The Morgan fingerprint density at radius 3 is 2.60 bits per heavy atom. The third-order valence-electron chi connectivity index (χ3n) is 3.81. The molecule has 0 saturated carbocycles. The smallest absolute Gasteiger partial charge is 0.326 e. The SMILES string of the molecule is O=C(CN1C(=O)Cc2ccccc2C1=O)OCc1ccc(Cl)c(Cl)c1. The van der Waals surface area contributed by atoms with E-state index < -0.39 is 24.3 Å². The lowest BCUT2D eigenvalue weighted by molar-refractivity contribution is -0.149. The molecule has 0 N–H and O–H groups in total. The lowest BCUT2D eigenvalue weighted by atomic mass is 9.98. The van der Waals surface area contributed by atoms with Gasteiger partial charge in [0.25, 0.3) is 5.91 Å². The quantitative estimate of drug-likeness (QED) is 0.605. The minimum Gasteiger partial charge on any atom is -0.459 e. The van der Waals surface area contributed by atoms with E-state index in [2.05, 4.69) is 0 Å². The molecule has 3 rings (SSSR count). The molecular formula is C18H13Cl2NO4. The highest BCUT2D eigenvalue weighted by Crippen LogP contribution is 2.23. The summed E-state index contributed by atoms with van der Waals surface area (Å²) < 4.78 is 5.12. The van der Waals surface area contributed by atoms with Gasteiger partial charge >= 0.3 is 5.97 Å². The first-order valence-corrected chi connectivity index (χ1v) is 8.23. The standard InChI is InChI=1S/C18H13Cl2NO4/c19-14-6-5-11(7-15(14)20)10-25-17(23)9-21-16(22)8-12-3-1-2-4-13(12)18(21)24/h1-7H,8-10H2. The zero-order valence-corrected chi connectivity index (χ0v) is 14.5. The van der Waals surface area contributed by atoms with Crippen molar-refractivity contribution < 1.29 is 19.1 Å². The molecule has 2 aromatic rings. The highest BCUT2D eigenvalue weighted by atomic mass is 35.5. The second kappa shape index (κ2) is 7.25. The number of amides is 2. The predicted molar refractivity (Wildman–Crippen MR) is 92.4 cm³/mol. The van der Waals surface area contributed by atoms with Crippen molar-refractivity contribution in [3.8, 4) is 0 Å². The van der Waals surface area contributed by atoms with Crippen molar-refractivity contribution in [2.24, 2.45) is 0 Å². The molecule has 7 heteroatoms. The van der Waals surface area contributed by atoms with Crippen LogP contribution in [0, 0.1) is 0 Å². The molecule has 0 aromatic heterocycles. The number of benzene rings is 2. The van der Waals surface area contributed by atoms with Crippen molar-refractivity contribution in [2.75, 3.05) is 6.54 Å². The van der Waals surface area contributed by atoms with Gasteiger partial charge in [-0.25, -0.2) is 0 Å². The Balaban J connectivity index is 1.64. The van der Waals surface area contributed by atoms with Crippen LogP contribution in [0.1, 0.15) is 21.5 Å². The molecule has 0 fully saturated rings. The van der Waals surface area contributed by atoms with Crippen LogP contribution in [-0.2, 0) is 27.4 Å². The van der Waals surface area contributed by atoms with Gasteiger partial charge in [0.15, 0.2) is 0 Å². The number of carbonyl (C=O) groups is 3. The van der Waals surface area contributed by atoms with Crippen molar-refractivity contribution in [2.45, 2.75) is 13.0 Å². The van der Waals surface area contributed by atoms with Crippen molar-refractivity contribution in [1.29, 1.82) is 0 Å². The molecule has 1 aliphatic heterocycles. The summed E-state index contributed by atoms with van der Waals surface area (Å²) >= 11 is 11.7. The van der Waals surface area contributed by atoms with E-state index in [1.807, 2.05) is 0 Å². The maximum absolute atomic E-state index is 12.4. The lowest BCUT2D eigenvalue weighted by Crippen LogP contribution is -2.45. The van der Waals surface area contributed by atoms with Crippen LogP contribution >= 0.6 is 23.2 Å². The van der Waals surface area contributed by atoms with Gasteiger partial charge in [-0.05, 0) is 29.3 Å². The molecule has 25 heavy (non-hydrogen) atoms. The zero-order valence-electron chi connectivity index (χ0n) is 13.0. The maximum Gasteiger partial charge on any atom is 0.326 e. The Labute approximate surface area is 154 Å². The summed E-state index contributed by atoms with van der Waals surface area (Å²) in [6.45, 7) is -0.449. The Bertz CT molecular complexity index is 866. The minimum absolute atomic E-state index is 0.0253. The number of rotatable bonds is 4. The Kier molecular flexibility index (Phi) is 5.06. The summed E-state index contributed by atoms with van der Waals surface area (Å²) in [7, 11) is 0. The van der Waals surface area contributed by atoms with Gasteiger partial charge in [-0.3, -0.25) is 19.3 Å². The van der Waals surface area contributed by atoms with Crippen molar-refractivity contribution in [1.82, 2.24) is 4.90 Å². The number of fused-ring (bicyclic) bond motifs is 1. The first-order chi connectivity index (χ1) is 12.0. The van der Waals surface area contributed by atoms with Crippen LogP contribution in [0.4, 0.5) is 0 Å². The fraction of sp³-hybridized carbons (Fsp3) is 0.167. The van der Waals surface area contributed by atoms with Crippen molar-refractivity contribution >= 4 is 41.0 Å². The van der Waals surface area contributed by atoms with Crippen LogP contribution in [0.2, 0.25) is 10.0 Å². The fourth-order valence-electron chi connectivity index (χ4n) is 2.53. The number of carbonyl (C=O) groups excluding carboxylic acids is 3. The number of esters is 1. The van der Waals surface area contributed by atoms with Gasteiger partial charge in [-0.15, -0.1) is 0 Å². The molecule has 2 amide bonds. The monoisotopic (exact) mass is 377 g/mol. The van der Waals surface area contributed by atoms with Crippen LogP contribution in [0.15, 0.2) is 42.5 Å². The molecule has 0 saturated heterocycles. The van der Waals surface area contributed by atoms with E-state index in [0.717, 1.165) is 4.90 Å². The van der Waals surface area contributed by atoms with Crippen LogP contribution in [0.3, 0.4) is 0 Å². The Morgan fingerprint density at radius 1 is 1.08 bits per heavy atom. The number of halogens is 2. The third kappa shape index (κ3) is 3.83. The molecule has 1 heterocycles. The van der Waals surface area contributed by atoms with Crippen molar-refractivity contribution in [3.63, 3.8) is 0 Å². The van der Waals surface area contributed by atoms with E-state index in [9.17, 15) is 14.4 Å². The highest BCUT2D eigenvalue weighted by Gasteiger charge is 2.32. The number of imide groups is 1. The fourth-order valence-corrected chi connectivity index (χ4v) is 2.85. The van der Waals surface area contributed by atoms with Crippen LogP contribution in [0.25, 0.3) is 0 Å². The van der Waals surface area contributed by atoms with E-state index in [-0.39, 0.29) is 13.0 Å². The molecule has 1 aliphatic rings. The van der Waals surface area contributed by atoms with Gasteiger partial charge in [0.1, 0.15) is 13.2 Å². The summed E-state index contributed by atoms with van der Waals surface area (Å²) in [4.78, 5) is 37.4. The Hall–Kier alpha value is -2.37. The summed E-state index contributed by atoms with van der Waals surface area (Å²) in [5.41, 5.74) is 1.75. The molecule has 0 aliphatic carbocycles. The molecule has 0 radical (unpaired) electrons. The largest absolute Gasteiger partial charge is 0.459 e. The number of hydrogen-bond acceptors (Lipinski definition) is 4. The van der Waals surface area contributed by atoms with E-state index in [1.165, 1.54) is 0 Å². The Morgan fingerprint density at radius 2 is 1.84 bits per heavy atom. The summed E-state index contributed by atoms with van der Waals surface area (Å²) in [5, 5.41) is 0.758. The molecule has 0 spiro atoms. The topological polar surface area (TPSA) is 63.7 Å². The first kappa shape index (κ1) is 17.5. The molecule has 128 valence electrons. The van der Waals surface area contributed by atoms with Gasteiger partial charge in [0.05, 0.1) is 16.5 Å². The summed E-state index contributed by atoms with van der Waals surface area (Å²) in [5.74, 6) is -1.58. The number of hydrogen-bond donors (Lipinski definition) is 0. The van der Waals surface area contributed by atoms with E-state index in [1.54, 1.807) is 42.5 Å². The molecular weight excluding hydrogens is 365 g/mol. The number of ether oxygens (including phenoxy) is 1. The van der Waals surface area contributed by atoms with Crippen LogP contribution < -0.4 is 0 Å². The van der Waals surface area contributed by atoms with Gasteiger partial charge in [-0.2, -0.15) is 0 Å². The van der Waals surface area contributed by atoms with E-state index in [4.69, 9.17) is 27.9 Å². The predicted octanol–water partition coefficient (Wildman–Crippen LogP) is 3.26. The second-order valence-electron chi connectivity index (χ2n) is 5.53. The van der Waals surface area contributed by atoms with Gasteiger partial charge < -0.3 is 4.74 Å². The average molecular weight is 378 g/mol. The van der Waals surface area contributed by atoms with Crippen LogP contribution in [-0.4, -0.2) is 29.2 Å². The second-order valence-corrected chi connectivity index (χ2v) is 6.34. The zero-order chi connectivity index (χ0) is 18.0. The van der Waals surface area contributed by atoms with Gasteiger partial charge in [0, 0.05) is 5.56 Å². The lowest BCUT2D eigenvalue weighted by Gasteiger charge is -2.25. The van der Waals surface area contributed by atoms with E-state index >= 15 is 0 Å². The third-order valence-corrected chi connectivity index (χ3v) is 4.55. The normalized spacial score (nSPS) is 13.6. The average Bonchev–Trinajstić information content (AvgIpc) is 2.59. The summed E-state index contributed by atoms with van der Waals surface area (Å²) in [6.07, 6.45) is 0.0853. The van der Waals surface area contributed by atoms with Gasteiger partial charge in [-0.1, -0.05) is 47.5 Å². The number of nitrogens with zero attached hydrogens (tertiary/aromatic N) is 1. The highest BCUT2D eigenvalue weighted by molar-refractivity contribution is 6.42. The molecule has 2 aromatic carbocycles. The van der Waals surface area contributed by atoms with Crippen LogP contribution in [0.5, 0.6) is 0 Å². The molecule has 0 bridgehead atoms. The molecule has 0 atom stereocenters. The minimum atomic E-state index is -0.674. The molecule has 5 nitrogen and oxygen atoms in total. The van der Waals surface area contributed by atoms with E-state index in [0.29, 0.717) is 26.7 Å². The summed E-state index contributed by atoms with van der Waals surface area (Å²) in [6, 6.07) is 11.7. The molecule has 0 unspecified atom stereocenters. The van der Waals surface area contributed by atoms with Gasteiger partial charge in [0.2, 0.25) is 5.91 Å².